The highest BCUT2D eigenvalue weighted by Crippen LogP contribution is 2.15. The molecule has 0 aromatic heterocycles. The lowest BCUT2D eigenvalue weighted by Crippen LogP contribution is -2.52. The van der Waals surface area contributed by atoms with Gasteiger partial charge < -0.3 is 10.1 Å². The lowest BCUT2D eigenvalue weighted by molar-refractivity contribution is -0.122. The first-order valence-electron chi connectivity index (χ1n) is 6.83. The Morgan fingerprint density at radius 2 is 1.90 bits per heavy atom. The highest BCUT2D eigenvalue weighted by molar-refractivity contribution is 7.80. The van der Waals surface area contributed by atoms with Crippen LogP contribution in [0.5, 0.6) is 5.75 Å². The maximum atomic E-state index is 11.6. The molecule has 116 valence electrons. The minimum absolute atomic E-state index is 0.150. The van der Waals surface area contributed by atoms with E-state index in [0.717, 1.165) is 11.3 Å². The molecule has 5 nitrogen and oxygen atoms in total. The van der Waals surface area contributed by atoms with Gasteiger partial charge in [0.05, 0.1) is 13.0 Å². The fourth-order valence-corrected chi connectivity index (χ4v) is 1.89. The Bertz CT molecular complexity index is 498. The largest absolute Gasteiger partial charge is 0.493 e. The molecular formula is C15H23N3O2S. The van der Waals surface area contributed by atoms with Crippen LogP contribution in [0.2, 0.25) is 0 Å². The van der Waals surface area contributed by atoms with Gasteiger partial charge in [0.1, 0.15) is 5.75 Å². The molecule has 1 aromatic rings. The van der Waals surface area contributed by atoms with Crippen LogP contribution in [-0.2, 0) is 4.79 Å². The predicted octanol–water partition coefficient (Wildman–Crippen LogP) is 2.06. The monoisotopic (exact) mass is 309 g/mol. The van der Waals surface area contributed by atoms with E-state index >= 15 is 0 Å². The third kappa shape index (κ3) is 7.51. The summed E-state index contributed by atoms with van der Waals surface area (Å²) in [6, 6.07) is 7.70. The molecule has 0 unspecified atom stereocenters. The normalized spacial score (nSPS) is 10.7. The van der Waals surface area contributed by atoms with E-state index in [9.17, 15) is 4.79 Å². The van der Waals surface area contributed by atoms with E-state index in [2.05, 4.69) is 16.2 Å². The van der Waals surface area contributed by atoms with E-state index in [-0.39, 0.29) is 17.9 Å². The van der Waals surface area contributed by atoms with Crippen LogP contribution in [0, 0.1) is 6.92 Å². The number of amides is 1. The summed E-state index contributed by atoms with van der Waals surface area (Å²) < 4.78 is 5.56. The number of ether oxygens (including phenoxy) is 1. The van der Waals surface area contributed by atoms with Crippen molar-refractivity contribution < 1.29 is 9.53 Å². The number of hydrazine groups is 1. The van der Waals surface area contributed by atoms with E-state index in [4.69, 9.17) is 17.0 Å². The zero-order chi connectivity index (χ0) is 15.9. The number of thiocarbonyl (C=S) groups is 1. The summed E-state index contributed by atoms with van der Waals surface area (Å²) >= 11 is 5.06. The molecule has 1 rings (SSSR count). The Balaban J connectivity index is 2.23. The molecule has 0 saturated heterocycles. The number of rotatable bonds is 4. The molecule has 0 fully saturated rings. The van der Waals surface area contributed by atoms with E-state index < -0.39 is 0 Å². The quantitative estimate of drug-likeness (QED) is 0.587. The molecule has 1 amide bonds. The molecule has 0 bridgehead atoms. The zero-order valence-corrected chi connectivity index (χ0v) is 13.8. The van der Waals surface area contributed by atoms with Crippen molar-refractivity contribution in [2.45, 2.75) is 39.7 Å². The van der Waals surface area contributed by atoms with Gasteiger partial charge in [0.15, 0.2) is 5.11 Å². The summed E-state index contributed by atoms with van der Waals surface area (Å²) in [7, 11) is 0. The molecule has 0 spiro atoms. The van der Waals surface area contributed by atoms with Crippen LogP contribution in [0.1, 0.15) is 32.8 Å². The van der Waals surface area contributed by atoms with E-state index in [1.54, 1.807) is 0 Å². The number of carbonyl (C=O) groups is 1. The molecule has 0 saturated carbocycles. The molecule has 21 heavy (non-hydrogen) atoms. The van der Waals surface area contributed by atoms with Crippen molar-refractivity contribution in [3.8, 4) is 5.75 Å². The fraction of sp³-hybridized carbons (Fsp3) is 0.467. The number of para-hydroxylation sites is 1. The number of hydrogen-bond acceptors (Lipinski definition) is 3. The fourth-order valence-electron chi connectivity index (χ4n) is 1.53. The second-order valence-electron chi connectivity index (χ2n) is 5.74. The van der Waals surface area contributed by atoms with Crippen LogP contribution in [-0.4, -0.2) is 23.2 Å². The van der Waals surface area contributed by atoms with Crippen LogP contribution in [0.4, 0.5) is 0 Å². The van der Waals surface area contributed by atoms with Crippen LogP contribution in [0.3, 0.4) is 0 Å². The van der Waals surface area contributed by atoms with Crippen molar-refractivity contribution in [3.63, 3.8) is 0 Å². The van der Waals surface area contributed by atoms with Crippen molar-refractivity contribution in [1.29, 1.82) is 0 Å². The van der Waals surface area contributed by atoms with Gasteiger partial charge in [0.25, 0.3) is 0 Å². The van der Waals surface area contributed by atoms with Gasteiger partial charge in [0.2, 0.25) is 5.91 Å². The number of carbonyl (C=O) groups excluding carboxylic acids is 1. The average Bonchev–Trinajstić information content (AvgIpc) is 2.37. The van der Waals surface area contributed by atoms with Gasteiger partial charge in [0, 0.05) is 5.54 Å². The molecule has 0 atom stereocenters. The second-order valence-corrected chi connectivity index (χ2v) is 6.15. The summed E-state index contributed by atoms with van der Waals surface area (Å²) in [5.41, 5.74) is 6.10. The highest BCUT2D eigenvalue weighted by Gasteiger charge is 2.11. The number of nitrogens with one attached hydrogen (secondary N) is 3. The number of hydrogen-bond donors (Lipinski definition) is 3. The Morgan fingerprint density at radius 1 is 1.24 bits per heavy atom. The summed E-state index contributed by atoms with van der Waals surface area (Å²) in [4.78, 5) is 11.6. The summed E-state index contributed by atoms with van der Waals surface area (Å²) in [6.45, 7) is 8.24. The van der Waals surface area contributed by atoms with Crippen LogP contribution >= 0.6 is 12.2 Å². The van der Waals surface area contributed by atoms with Gasteiger partial charge >= 0.3 is 0 Å². The smallest absolute Gasteiger partial charge is 0.241 e. The third-order valence-corrected chi connectivity index (χ3v) is 2.69. The first kappa shape index (κ1) is 17.2. The molecule has 0 radical (unpaired) electrons. The molecular weight excluding hydrogens is 286 g/mol. The van der Waals surface area contributed by atoms with Crippen molar-refractivity contribution >= 4 is 23.2 Å². The van der Waals surface area contributed by atoms with Crippen LogP contribution in [0.25, 0.3) is 0 Å². The molecule has 0 aliphatic rings. The van der Waals surface area contributed by atoms with Crippen molar-refractivity contribution in [3.05, 3.63) is 29.8 Å². The van der Waals surface area contributed by atoms with Gasteiger partial charge in [-0.15, -0.1) is 0 Å². The molecule has 0 aliphatic heterocycles. The minimum atomic E-state index is -0.179. The molecule has 3 N–H and O–H groups in total. The number of aryl methyl sites for hydroxylation is 1. The SMILES string of the molecule is Cc1ccccc1OCCC(=O)NNC(=S)NC(C)(C)C. The molecule has 1 aromatic carbocycles. The van der Waals surface area contributed by atoms with E-state index in [1.165, 1.54) is 0 Å². The van der Waals surface area contributed by atoms with Crippen LogP contribution < -0.4 is 20.9 Å². The lowest BCUT2D eigenvalue weighted by Gasteiger charge is -2.23. The molecule has 0 aliphatic carbocycles. The first-order chi connectivity index (χ1) is 9.78. The predicted molar refractivity (Wildman–Crippen MR) is 88.1 cm³/mol. The van der Waals surface area contributed by atoms with Gasteiger partial charge in [-0.2, -0.15) is 0 Å². The molecule has 6 heteroatoms. The summed E-state index contributed by atoms with van der Waals surface area (Å²) in [5, 5.41) is 3.42. The Morgan fingerprint density at radius 3 is 2.52 bits per heavy atom. The Hall–Kier alpha value is -1.82. The topological polar surface area (TPSA) is 62.4 Å². The summed E-state index contributed by atoms with van der Waals surface area (Å²) in [5.74, 6) is 0.616. The highest BCUT2D eigenvalue weighted by atomic mass is 32.1. The second kappa shape index (κ2) is 7.83. The van der Waals surface area contributed by atoms with Gasteiger partial charge in [-0.25, -0.2) is 0 Å². The summed E-state index contributed by atoms with van der Waals surface area (Å²) in [6.07, 6.45) is 0.249. The van der Waals surface area contributed by atoms with E-state index in [0.29, 0.717) is 11.7 Å². The maximum absolute atomic E-state index is 11.6. The van der Waals surface area contributed by atoms with Crippen LogP contribution in [0.15, 0.2) is 24.3 Å². The lowest BCUT2D eigenvalue weighted by atomic mass is 10.1. The average molecular weight is 309 g/mol. The van der Waals surface area contributed by atoms with Crippen molar-refractivity contribution in [1.82, 2.24) is 16.2 Å². The Kier molecular flexibility index (Phi) is 6.42. The van der Waals surface area contributed by atoms with Crippen molar-refractivity contribution in [2.24, 2.45) is 0 Å². The zero-order valence-electron chi connectivity index (χ0n) is 12.9. The standard InChI is InChI=1S/C15H23N3O2S/c1-11-7-5-6-8-12(11)20-10-9-13(19)17-18-14(21)16-15(2,3)4/h5-8H,9-10H2,1-4H3,(H,17,19)(H2,16,18,21). The van der Waals surface area contributed by atoms with Gasteiger partial charge in [-0.1, -0.05) is 18.2 Å². The first-order valence-corrected chi connectivity index (χ1v) is 7.24. The third-order valence-electron chi connectivity index (χ3n) is 2.48. The van der Waals surface area contributed by atoms with Crippen molar-refractivity contribution in [2.75, 3.05) is 6.61 Å². The van der Waals surface area contributed by atoms with Gasteiger partial charge in [-0.3, -0.25) is 15.6 Å². The van der Waals surface area contributed by atoms with Gasteiger partial charge in [-0.05, 0) is 51.5 Å². The maximum Gasteiger partial charge on any atom is 0.241 e. The minimum Gasteiger partial charge on any atom is -0.493 e. The molecule has 0 heterocycles. The van der Waals surface area contributed by atoms with E-state index in [1.807, 2.05) is 52.0 Å². The number of benzene rings is 1. The Labute approximate surface area is 131 Å².